The number of nitrogens with zero attached hydrogens (tertiary/aromatic N) is 2. The first-order chi connectivity index (χ1) is 16.5. The molecule has 34 heavy (non-hydrogen) atoms. The van der Waals surface area contributed by atoms with Gasteiger partial charge in [0.2, 0.25) is 0 Å². The summed E-state index contributed by atoms with van der Waals surface area (Å²) in [6.45, 7) is 5.42. The zero-order valence-corrected chi connectivity index (χ0v) is 19.9. The molecule has 1 aliphatic rings. The summed E-state index contributed by atoms with van der Waals surface area (Å²) in [7, 11) is 3.15. The number of carbonyl (C=O) groups is 1. The molecule has 0 N–H and O–H groups in total. The number of ether oxygens (including phenoxy) is 3. The van der Waals surface area contributed by atoms with Crippen LogP contribution >= 0.6 is 11.3 Å². The summed E-state index contributed by atoms with van der Waals surface area (Å²) in [5.74, 6) is 0.722. The standard InChI is InChI=1S/C26H24N2O5S/c1-5-13-33-25(30)22-16(2)27-26-28(23(22)17-9-7-6-8-10-17)24(29)21(34-26)15-18-14-19(31-3)11-12-20(18)32-4/h5-12,14-15,23H,1,13H2,2-4H3/b21-15-. The van der Waals surface area contributed by atoms with Crippen molar-refractivity contribution >= 4 is 23.4 Å². The van der Waals surface area contributed by atoms with E-state index in [4.69, 9.17) is 14.2 Å². The van der Waals surface area contributed by atoms with Crippen molar-refractivity contribution < 1.29 is 19.0 Å². The molecule has 0 saturated carbocycles. The molecule has 3 aromatic rings. The molecule has 1 atom stereocenters. The molecule has 0 bridgehead atoms. The summed E-state index contributed by atoms with van der Waals surface area (Å²) in [4.78, 5) is 31.7. The number of fused-ring (bicyclic) bond motifs is 1. The number of carbonyl (C=O) groups excluding carboxylic acids is 1. The van der Waals surface area contributed by atoms with E-state index in [1.165, 1.54) is 17.4 Å². The van der Waals surface area contributed by atoms with Crippen molar-refractivity contribution in [2.75, 3.05) is 20.8 Å². The average Bonchev–Trinajstić information content (AvgIpc) is 3.16. The van der Waals surface area contributed by atoms with E-state index < -0.39 is 12.0 Å². The van der Waals surface area contributed by atoms with Crippen LogP contribution < -0.4 is 24.4 Å². The third-order valence-corrected chi connectivity index (χ3v) is 6.40. The molecular formula is C26H24N2O5S. The summed E-state index contributed by atoms with van der Waals surface area (Å²) < 4.78 is 18.1. The highest BCUT2D eigenvalue weighted by Gasteiger charge is 2.33. The van der Waals surface area contributed by atoms with Crippen LogP contribution in [0.2, 0.25) is 0 Å². The zero-order chi connectivity index (χ0) is 24.2. The SMILES string of the molecule is C=CCOC(=O)C1=C(C)N=c2s/c(=C\c3cc(OC)ccc3OC)c(=O)n2C1c1ccccc1. The molecule has 1 unspecified atom stereocenters. The molecular weight excluding hydrogens is 452 g/mol. The summed E-state index contributed by atoms with van der Waals surface area (Å²) in [5.41, 5.74) is 2.06. The molecule has 174 valence electrons. The highest BCUT2D eigenvalue weighted by molar-refractivity contribution is 7.07. The molecule has 2 heterocycles. The lowest BCUT2D eigenvalue weighted by Crippen LogP contribution is -2.39. The third-order valence-electron chi connectivity index (χ3n) is 5.41. The monoisotopic (exact) mass is 476 g/mol. The lowest BCUT2D eigenvalue weighted by molar-refractivity contribution is -0.138. The maximum Gasteiger partial charge on any atom is 0.338 e. The molecule has 0 radical (unpaired) electrons. The fourth-order valence-corrected chi connectivity index (χ4v) is 4.88. The van der Waals surface area contributed by atoms with Gasteiger partial charge in [-0.1, -0.05) is 54.3 Å². The van der Waals surface area contributed by atoms with Crippen molar-refractivity contribution in [3.05, 3.63) is 103 Å². The molecule has 0 saturated heterocycles. The number of rotatable bonds is 7. The van der Waals surface area contributed by atoms with Crippen molar-refractivity contribution in [3.8, 4) is 11.5 Å². The van der Waals surface area contributed by atoms with Crippen LogP contribution in [0.15, 0.2) is 82.2 Å². The van der Waals surface area contributed by atoms with E-state index >= 15 is 0 Å². The van der Waals surface area contributed by atoms with E-state index in [9.17, 15) is 9.59 Å². The largest absolute Gasteiger partial charge is 0.497 e. The molecule has 0 amide bonds. The van der Waals surface area contributed by atoms with Crippen LogP contribution in [0.5, 0.6) is 11.5 Å². The fraction of sp³-hybridized carbons (Fsp3) is 0.192. The number of esters is 1. The molecule has 8 heteroatoms. The van der Waals surface area contributed by atoms with Gasteiger partial charge in [0.15, 0.2) is 4.80 Å². The number of allylic oxidation sites excluding steroid dienone is 1. The lowest BCUT2D eigenvalue weighted by Gasteiger charge is -2.24. The Bertz CT molecular complexity index is 1450. The van der Waals surface area contributed by atoms with Gasteiger partial charge in [-0.25, -0.2) is 9.79 Å². The van der Waals surface area contributed by atoms with Gasteiger partial charge < -0.3 is 14.2 Å². The summed E-state index contributed by atoms with van der Waals surface area (Å²) >= 11 is 1.25. The Morgan fingerprint density at radius 1 is 1.18 bits per heavy atom. The van der Waals surface area contributed by atoms with Gasteiger partial charge in [0.25, 0.3) is 5.56 Å². The number of thiazole rings is 1. The molecule has 1 aliphatic heterocycles. The minimum Gasteiger partial charge on any atom is -0.497 e. The van der Waals surface area contributed by atoms with Gasteiger partial charge in [-0.05, 0) is 36.8 Å². The summed E-state index contributed by atoms with van der Waals surface area (Å²) in [6.07, 6.45) is 3.25. The Morgan fingerprint density at radius 2 is 1.94 bits per heavy atom. The highest BCUT2D eigenvalue weighted by Crippen LogP contribution is 2.30. The van der Waals surface area contributed by atoms with Gasteiger partial charge in [0.1, 0.15) is 18.1 Å². The Balaban J connectivity index is 1.94. The Kier molecular flexibility index (Phi) is 6.79. The molecule has 4 rings (SSSR count). The van der Waals surface area contributed by atoms with Gasteiger partial charge in [-0.15, -0.1) is 0 Å². The minimum absolute atomic E-state index is 0.0666. The van der Waals surface area contributed by atoms with Crippen molar-refractivity contribution in [2.24, 2.45) is 4.99 Å². The van der Waals surface area contributed by atoms with Crippen LogP contribution in [-0.4, -0.2) is 31.4 Å². The minimum atomic E-state index is -0.663. The number of aromatic nitrogens is 1. The fourth-order valence-electron chi connectivity index (χ4n) is 3.84. The van der Waals surface area contributed by atoms with Crippen molar-refractivity contribution in [3.63, 3.8) is 0 Å². The molecule has 0 spiro atoms. The van der Waals surface area contributed by atoms with Crippen molar-refractivity contribution in [2.45, 2.75) is 13.0 Å². The Morgan fingerprint density at radius 3 is 2.62 bits per heavy atom. The van der Waals surface area contributed by atoms with Crippen molar-refractivity contribution in [1.82, 2.24) is 4.57 Å². The second kappa shape index (κ2) is 9.93. The predicted molar refractivity (Wildman–Crippen MR) is 131 cm³/mol. The van der Waals surface area contributed by atoms with Crippen molar-refractivity contribution in [1.29, 1.82) is 0 Å². The van der Waals surface area contributed by atoms with Crippen LogP contribution in [0.1, 0.15) is 24.1 Å². The molecule has 2 aromatic carbocycles. The van der Waals surface area contributed by atoms with Gasteiger partial charge in [-0.2, -0.15) is 0 Å². The average molecular weight is 477 g/mol. The van der Waals surface area contributed by atoms with Crippen LogP contribution in [0.25, 0.3) is 6.08 Å². The quantitative estimate of drug-likeness (QED) is 0.387. The number of methoxy groups -OCH3 is 2. The normalized spacial score (nSPS) is 15.4. The first-order valence-corrected chi connectivity index (χ1v) is 11.4. The van der Waals surface area contributed by atoms with Crippen LogP contribution in [-0.2, 0) is 9.53 Å². The number of hydrogen-bond donors (Lipinski definition) is 0. The van der Waals surface area contributed by atoms with E-state index in [-0.39, 0.29) is 12.2 Å². The van der Waals surface area contributed by atoms with E-state index in [1.54, 1.807) is 50.0 Å². The Labute approximate surface area is 200 Å². The van der Waals surface area contributed by atoms with Gasteiger partial charge in [0, 0.05) is 5.56 Å². The predicted octanol–water partition coefficient (Wildman–Crippen LogP) is 2.98. The van der Waals surface area contributed by atoms with Gasteiger partial charge in [-0.3, -0.25) is 9.36 Å². The first-order valence-electron chi connectivity index (χ1n) is 10.6. The maximum absolute atomic E-state index is 13.7. The van der Waals surface area contributed by atoms with Crippen LogP contribution in [0.4, 0.5) is 0 Å². The van der Waals surface area contributed by atoms with Crippen LogP contribution in [0.3, 0.4) is 0 Å². The first kappa shape index (κ1) is 23.3. The molecule has 7 nitrogen and oxygen atoms in total. The lowest BCUT2D eigenvalue weighted by atomic mass is 9.96. The third kappa shape index (κ3) is 4.32. The smallest absolute Gasteiger partial charge is 0.338 e. The topological polar surface area (TPSA) is 79.1 Å². The van der Waals surface area contributed by atoms with E-state index in [0.29, 0.717) is 37.7 Å². The maximum atomic E-state index is 13.7. The van der Waals surface area contributed by atoms with E-state index in [2.05, 4.69) is 11.6 Å². The Hall–Kier alpha value is -3.91. The zero-order valence-electron chi connectivity index (χ0n) is 19.1. The highest BCUT2D eigenvalue weighted by atomic mass is 32.1. The van der Waals surface area contributed by atoms with Crippen LogP contribution in [0, 0.1) is 0 Å². The van der Waals surface area contributed by atoms with E-state index in [0.717, 1.165) is 5.56 Å². The van der Waals surface area contributed by atoms with E-state index in [1.807, 2.05) is 30.3 Å². The second-order valence-corrected chi connectivity index (χ2v) is 8.50. The number of hydrogen-bond acceptors (Lipinski definition) is 7. The molecule has 1 aromatic heterocycles. The molecule has 0 aliphatic carbocycles. The van der Waals surface area contributed by atoms with Gasteiger partial charge in [0.05, 0.1) is 36.1 Å². The summed E-state index contributed by atoms with van der Waals surface area (Å²) in [5, 5.41) is 0. The summed E-state index contributed by atoms with van der Waals surface area (Å²) in [6, 6.07) is 14.1. The van der Waals surface area contributed by atoms with Gasteiger partial charge >= 0.3 is 5.97 Å². The second-order valence-electron chi connectivity index (χ2n) is 7.49. The molecule has 0 fully saturated rings. The number of benzene rings is 2.